The highest BCUT2D eigenvalue weighted by molar-refractivity contribution is 5.95. The number of phenols is 1. The minimum atomic E-state index is -1.11. The van der Waals surface area contributed by atoms with Crippen LogP contribution in [0.5, 0.6) is 17.2 Å². The first-order valence-corrected chi connectivity index (χ1v) is 11.7. The van der Waals surface area contributed by atoms with E-state index in [1.807, 2.05) is 0 Å². The number of methoxy groups -OCH3 is 1. The number of amides is 3. The number of rotatable bonds is 11. The number of urea groups is 1. The predicted molar refractivity (Wildman–Crippen MR) is 139 cm³/mol. The Bertz CT molecular complexity index is 1430. The summed E-state index contributed by atoms with van der Waals surface area (Å²) < 4.78 is 15.9. The normalized spacial score (nSPS) is 14.6. The van der Waals surface area contributed by atoms with Gasteiger partial charge in [0.1, 0.15) is 0 Å². The van der Waals surface area contributed by atoms with Crippen molar-refractivity contribution in [2.24, 2.45) is 5.10 Å². The van der Waals surface area contributed by atoms with Crippen molar-refractivity contribution < 1.29 is 43.5 Å². The molecular weight excluding hydrogens is 548 g/mol. The lowest BCUT2D eigenvalue weighted by Gasteiger charge is -2.28. The van der Waals surface area contributed by atoms with Crippen LogP contribution in [-0.2, 0) is 14.3 Å². The Hall–Kier alpha value is -5.74. The van der Waals surface area contributed by atoms with Crippen molar-refractivity contribution in [2.75, 3.05) is 20.3 Å². The number of nitrogens with zero attached hydrogens (tertiary/aromatic N) is 3. The summed E-state index contributed by atoms with van der Waals surface area (Å²) in [6, 6.07) is 4.85. The number of phenolic OH excluding ortho intramolecular Hbond substituents is 1. The van der Waals surface area contributed by atoms with Gasteiger partial charge in [-0.3, -0.25) is 25.0 Å². The van der Waals surface area contributed by atoms with E-state index in [-0.39, 0.29) is 29.2 Å². The van der Waals surface area contributed by atoms with Gasteiger partial charge in [-0.05, 0) is 31.5 Å². The minimum Gasteiger partial charge on any atom is -0.497 e. The van der Waals surface area contributed by atoms with Crippen LogP contribution in [-0.4, -0.2) is 59.4 Å². The van der Waals surface area contributed by atoms with Crippen molar-refractivity contribution >= 4 is 35.5 Å². The molecule has 1 aliphatic heterocycles. The van der Waals surface area contributed by atoms with Gasteiger partial charge in [0, 0.05) is 23.4 Å². The highest BCUT2D eigenvalue weighted by Crippen LogP contribution is 2.36. The standard InChI is InChI=1S/C24H24N6O11/c1-4-40-23(33)20-12(2)26-24(34)27-21(20)14-5-6-17(18(9-14)39-3)41-11-19(31)28-25-10-13-7-15(29(35)36)22(32)16(8-13)30(37)38/h5-10,21,32H,4,11H2,1-3H3,(H,28,31)(H2,26,27,34)/b25-10+/t21-/m1/s1. The third-order valence-corrected chi connectivity index (χ3v) is 5.53. The smallest absolute Gasteiger partial charge is 0.338 e. The minimum absolute atomic E-state index is 0.129. The molecule has 3 amide bonds. The zero-order valence-electron chi connectivity index (χ0n) is 21.8. The van der Waals surface area contributed by atoms with Crippen molar-refractivity contribution in [1.29, 1.82) is 0 Å². The Balaban J connectivity index is 1.71. The zero-order valence-corrected chi connectivity index (χ0v) is 21.8. The molecule has 2 aromatic rings. The molecule has 0 saturated carbocycles. The van der Waals surface area contributed by atoms with Crippen LogP contribution < -0.4 is 25.5 Å². The van der Waals surface area contributed by atoms with Gasteiger partial charge in [0.05, 0.1) is 41.4 Å². The fraction of sp³-hybridized carbons (Fsp3) is 0.250. The molecule has 4 N–H and O–H groups in total. The number of hydrogen-bond acceptors (Lipinski definition) is 12. The maximum absolute atomic E-state index is 12.5. The Labute approximate surface area is 231 Å². The van der Waals surface area contributed by atoms with Gasteiger partial charge in [-0.2, -0.15) is 5.10 Å². The van der Waals surface area contributed by atoms with E-state index in [1.54, 1.807) is 19.9 Å². The first-order chi connectivity index (χ1) is 19.5. The average Bonchev–Trinajstić information content (AvgIpc) is 2.91. The van der Waals surface area contributed by atoms with E-state index in [0.29, 0.717) is 11.3 Å². The lowest BCUT2D eigenvalue weighted by molar-refractivity contribution is -0.396. The monoisotopic (exact) mass is 572 g/mol. The quantitative estimate of drug-likeness (QED) is 0.131. The van der Waals surface area contributed by atoms with E-state index in [9.17, 15) is 39.7 Å². The van der Waals surface area contributed by atoms with Crippen molar-refractivity contribution in [3.05, 3.63) is 73.0 Å². The largest absolute Gasteiger partial charge is 0.497 e. The lowest BCUT2D eigenvalue weighted by Crippen LogP contribution is -2.45. The number of nitrogens with one attached hydrogen (secondary N) is 3. The molecule has 0 spiro atoms. The van der Waals surface area contributed by atoms with Crippen LogP contribution in [0.1, 0.15) is 31.0 Å². The number of benzene rings is 2. The third-order valence-electron chi connectivity index (χ3n) is 5.53. The van der Waals surface area contributed by atoms with Crippen molar-refractivity contribution in [2.45, 2.75) is 19.9 Å². The Morgan fingerprint density at radius 2 is 1.80 bits per heavy atom. The van der Waals surface area contributed by atoms with Gasteiger partial charge in [0.2, 0.25) is 0 Å². The molecule has 0 radical (unpaired) electrons. The maximum atomic E-state index is 12.5. The van der Waals surface area contributed by atoms with Gasteiger partial charge in [-0.15, -0.1) is 0 Å². The molecular formula is C24H24N6O11. The molecule has 2 aromatic carbocycles. The molecule has 3 rings (SSSR count). The lowest BCUT2D eigenvalue weighted by atomic mass is 9.95. The van der Waals surface area contributed by atoms with E-state index < -0.39 is 57.5 Å². The highest BCUT2D eigenvalue weighted by Gasteiger charge is 2.32. The molecule has 1 heterocycles. The molecule has 17 heteroatoms. The number of nitro benzene ring substituents is 2. The fourth-order valence-electron chi connectivity index (χ4n) is 3.74. The molecule has 41 heavy (non-hydrogen) atoms. The second kappa shape index (κ2) is 12.9. The second-order valence-electron chi connectivity index (χ2n) is 8.20. The van der Waals surface area contributed by atoms with Crippen molar-refractivity contribution in [3.8, 4) is 17.2 Å². The first kappa shape index (κ1) is 29.8. The SMILES string of the molecule is CCOC(=O)C1=C(C)NC(=O)N[C@@H]1c1ccc(OCC(=O)N/N=C/c2cc([N+](=O)[O-])c(O)c([N+](=O)[O-])c2)c(OC)c1. The van der Waals surface area contributed by atoms with Crippen LogP contribution >= 0.6 is 0 Å². The predicted octanol–water partition coefficient (Wildman–Crippen LogP) is 1.94. The van der Waals surface area contributed by atoms with Crippen LogP contribution in [0.2, 0.25) is 0 Å². The average molecular weight is 572 g/mol. The van der Waals surface area contributed by atoms with Gasteiger partial charge in [-0.25, -0.2) is 15.0 Å². The number of esters is 1. The number of carbonyl (C=O) groups is 3. The van der Waals surface area contributed by atoms with E-state index in [1.165, 1.54) is 19.2 Å². The summed E-state index contributed by atoms with van der Waals surface area (Å²) in [7, 11) is 1.35. The van der Waals surface area contributed by atoms with E-state index >= 15 is 0 Å². The van der Waals surface area contributed by atoms with Gasteiger partial charge in [-0.1, -0.05) is 6.07 Å². The summed E-state index contributed by atoms with van der Waals surface area (Å²) in [6.45, 7) is 2.80. The summed E-state index contributed by atoms with van der Waals surface area (Å²) in [5.74, 6) is -2.17. The zero-order chi connectivity index (χ0) is 30.3. The number of ether oxygens (including phenoxy) is 3. The van der Waals surface area contributed by atoms with Gasteiger partial charge in [0.25, 0.3) is 11.7 Å². The summed E-state index contributed by atoms with van der Waals surface area (Å²) in [6.07, 6.45) is 0.913. The molecule has 0 bridgehead atoms. The fourth-order valence-corrected chi connectivity index (χ4v) is 3.74. The number of nitro groups is 2. The molecule has 1 aliphatic rings. The van der Waals surface area contributed by atoms with Crippen molar-refractivity contribution in [1.82, 2.24) is 16.1 Å². The Morgan fingerprint density at radius 3 is 2.39 bits per heavy atom. The second-order valence-corrected chi connectivity index (χ2v) is 8.20. The van der Waals surface area contributed by atoms with Crippen molar-refractivity contribution in [3.63, 3.8) is 0 Å². The highest BCUT2D eigenvalue weighted by atomic mass is 16.6. The van der Waals surface area contributed by atoms with Gasteiger partial charge >= 0.3 is 23.4 Å². The maximum Gasteiger partial charge on any atom is 0.338 e. The molecule has 17 nitrogen and oxygen atoms in total. The van der Waals surface area contributed by atoms with Gasteiger partial charge in [0.15, 0.2) is 18.1 Å². The Morgan fingerprint density at radius 1 is 1.15 bits per heavy atom. The van der Waals surface area contributed by atoms with E-state index in [0.717, 1.165) is 18.3 Å². The van der Waals surface area contributed by atoms with E-state index in [4.69, 9.17) is 14.2 Å². The summed E-state index contributed by atoms with van der Waals surface area (Å²) in [5.41, 5.74) is 1.15. The third kappa shape index (κ3) is 7.02. The number of hydrogen-bond donors (Lipinski definition) is 4. The number of allylic oxidation sites excluding steroid dienone is 1. The number of aromatic hydroxyl groups is 1. The Kier molecular flexibility index (Phi) is 9.36. The molecule has 0 fully saturated rings. The molecule has 0 saturated heterocycles. The summed E-state index contributed by atoms with van der Waals surface area (Å²) in [5, 5.41) is 40.6. The van der Waals surface area contributed by atoms with Gasteiger partial charge < -0.3 is 30.0 Å². The van der Waals surface area contributed by atoms with Crippen LogP contribution in [0, 0.1) is 20.2 Å². The topological polar surface area (TPSA) is 234 Å². The summed E-state index contributed by atoms with van der Waals surface area (Å²) in [4.78, 5) is 56.9. The molecule has 0 unspecified atom stereocenters. The first-order valence-electron chi connectivity index (χ1n) is 11.7. The van der Waals surface area contributed by atoms with Crippen LogP contribution in [0.3, 0.4) is 0 Å². The van der Waals surface area contributed by atoms with E-state index in [2.05, 4.69) is 21.2 Å². The molecule has 0 aromatic heterocycles. The molecule has 1 atom stereocenters. The van der Waals surface area contributed by atoms with Crippen LogP contribution in [0.25, 0.3) is 0 Å². The molecule has 0 aliphatic carbocycles. The number of hydrazone groups is 1. The summed E-state index contributed by atoms with van der Waals surface area (Å²) >= 11 is 0. The number of carbonyl (C=O) groups excluding carboxylic acids is 3. The van der Waals surface area contributed by atoms with Crippen LogP contribution in [0.15, 0.2) is 46.7 Å². The van der Waals surface area contributed by atoms with Crippen LogP contribution in [0.4, 0.5) is 16.2 Å². The molecule has 216 valence electrons.